The van der Waals surface area contributed by atoms with Crippen molar-refractivity contribution >= 4 is 33.8 Å². The number of rotatable bonds is 3. The first-order chi connectivity index (χ1) is 14.5. The summed E-state index contributed by atoms with van der Waals surface area (Å²) in [6, 6.07) is 14.2. The van der Waals surface area contributed by atoms with Crippen LogP contribution in [0.15, 0.2) is 48.2 Å². The molecule has 3 heterocycles. The van der Waals surface area contributed by atoms with Gasteiger partial charge in [-0.05, 0) is 49.9 Å². The number of aryl methyl sites for hydroxylation is 1. The maximum absolute atomic E-state index is 10.6. The number of hydrogen-bond donors (Lipinski definition) is 3. The first-order valence-corrected chi connectivity index (χ1v) is 10.3. The van der Waals surface area contributed by atoms with Crippen LogP contribution in [-0.4, -0.2) is 65.6 Å². The van der Waals surface area contributed by atoms with Crippen molar-refractivity contribution in [3.63, 3.8) is 0 Å². The van der Waals surface area contributed by atoms with Crippen molar-refractivity contribution in [2.75, 3.05) is 49.6 Å². The molecule has 0 aliphatic carbocycles. The topological polar surface area (TPSA) is 82.5 Å². The minimum atomic E-state index is 0.167. The molecular weight excluding hydrogens is 376 g/mol. The van der Waals surface area contributed by atoms with Gasteiger partial charge in [0.2, 0.25) is 0 Å². The number of fused-ring (bicyclic) bond motifs is 1. The molecule has 0 saturated carbocycles. The number of benzene rings is 2. The Morgan fingerprint density at radius 3 is 2.60 bits per heavy atom. The minimum Gasteiger partial charge on any atom is -0.509 e. The van der Waals surface area contributed by atoms with Gasteiger partial charge in [0, 0.05) is 37.6 Å². The molecule has 30 heavy (non-hydrogen) atoms. The number of aliphatic hydroxyl groups excluding tert-OH is 1. The number of hydrogen-bond acceptors (Lipinski definition) is 5. The zero-order valence-electron chi connectivity index (χ0n) is 17.3. The number of aromatic amines is 1. The number of H-pyrrole nitrogens is 1. The maximum Gasteiger partial charge on any atom is 0.145 e. The van der Waals surface area contributed by atoms with E-state index in [4.69, 9.17) is 5.41 Å². The number of imidazole rings is 1. The van der Waals surface area contributed by atoms with Crippen LogP contribution in [0.3, 0.4) is 0 Å². The van der Waals surface area contributed by atoms with Crippen LogP contribution in [0.4, 0.5) is 11.4 Å². The lowest BCUT2D eigenvalue weighted by atomic mass is 10.2. The Hall–Kier alpha value is -3.32. The van der Waals surface area contributed by atoms with E-state index in [-0.39, 0.29) is 18.1 Å². The van der Waals surface area contributed by atoms with Crippen molar-refractivity contribution in [2.45, 2.75) is 6.92 Å². The summed E-state index contributed by atoms with van der Waals surface area (Å²) in [6.07, 6.45) is 0. The number of anilines is 2. The van der Waals surface area contributed by atoms with Crippen LogP contribution < -0.4 is 9.80 Å². The highest BCUT2D eigenvalue weighted by atomic mass is 16.3. The molecule has 2 aliphatic rings. The lowest BCUT2D eigenvalue weighted by molar-refractivity contribution is 0.313. The van der Waals surface area contributed by atoms with Crippen LogP contribution in [-0.2, 0) is 0 Å². The Labute approximate surface area is 175 Å². The second kappa shape index (κ2) is 7.18. The molecule has 0 bridgehead atoms. The van der Waals surface area contributed by atoms with E-state index < -0.39 is 0 Å². The Bertz CT molecular complexity index is 1160. The number of nitrogens with zero attached hydrogens (tertiary/aromatic N) is 4. The summed E-state index contributed by atoms with van der Waals surface area (Å²) >= 11 is 0. The Morgan fingerprint density at radius 2 is 1.83 bits per heavy atom. The predicted molar refractivity (Wildman–Crippen MR) is 122 cm³/mol. The molecule has 0 unspecified atom stereocenters. The predicted octanol–water partition coefficient (Wildman–Crippen LogP) is 3.39. The first-order valence-electron chi connectivity index (χ1n) is 10.3. The third kappa shape index (κ3) is 3.21. The molecule has 2 aromatic carbocycles. The molecule has 5 rings (SSSR count). The first kappa shape index (κ1) is 18.7. The zero-order valence-corrected chi connectivity index (χ0v) is 17.3. The number of aliphatic hydroxyl groups is 1. The fourth-order valence-electron chi connectivity index (χ4n) is 4.22. The average molecular weight is 403 g/mol. The molecule has 1 saturated heterocycles. The molecule has 7 heteroatoms. The highest BCUT2D eigenvalue weighted by molar-refractivity contribution is 6.30. The van der Waals surface area contributed by atoms with E-state index in [1.165, 1.54) is 5.69 Å². The standard InChI is InChI=1S/C23H26N6O/c1-15-4-3-5-17(12-15)29-14-20(30)21(22(29)24)23-25-18-7-6-16(13-19(18)26-23)28-10-8-27(2)9-11-28/h3-7,12-13,24,30H,8-11,14H2,1-2H3,(H,25,26). The van der Waals surface area contributed by atoms with Gasteiger partial charge in [-0.3, -0.25) is 5.41 Å². The molecule has 0 radical (unpaired) electrons. The molecule has 0 amide bonds. The van der Waals surface area contributed by atoms with Crippen LogP contribution in [0.1, 0.15) is 11.4 Å². The maximum atomic E-state index is 10.6. The minimum absolute atomic E-state index is 0.167. The second-order valence-electron chi connectivity index (χ2n) is 8.17. The van der Waals surface area contributed by atoms with E-state index in [2.05, 4.69) is 38.9 Å². The van der Waals surface area contributed by atoms with Gasteiger partial charge >= 0.3 is 0 Å². The molecule has 2 aliphatic heterocycles. The molecule has 7 nitrogen and oxygen atoms in total. The summed E-state index contributed by atoms with van der Waals surface area (Å²) in [5.74, 6) is 0.967. The Kier molecular flexibility index (Phi) is 4.47. The smallest absolute Gasteiger partial charge is 0.145 e. The van der Waals surface area contributed by atoms with E-state index in [9.17, 15) is 5.11 Å². The third-order valence-corrected chi connectivity index (χ3v) is 5.99. The summed E-state index contributed by atoms with van der Waals surface area (Å²) in [5.41, 5.74) is 5.41. The Balaban J connectivity index is 1.44. The number of likely N-dealkylation sites (N-methyl/N-ethyl adjacent to an activating group) is 1. The van der Waals surface area contributed by atoms with Crippen molar-refractivity contribution in [3.8, 4) is 0 Å². The number of nitrogens with one attached hydrogen (secondary N) is 2. The van der Waals surface area contributed by atoms with Gasteiger partial charge in [-0.25, -0.2) is 4.98 Å². The van der Waals surface area contributed by atoms with Crippen molar-refractivity contribution in [1.82, 2.24) is 14.9 Å². The average Bonchev–Trinajstić information content (AvgIpc) is 3.27. The number of aromatic nitrogens is 2. The molecule has 1 aromatic heterocycles. The van der Waals surface area contributed by atoms with E-state index in [1.807, 2.05) is 37.3 Å². The highest BCUT2D eigenvalue weighted by Crippen LogP contribution is 2.32. The van der Waals surface area contributed by atoms with Crippen molar-refractivity contribution < 1.29 is 5.11 Å². The van der Waals surface area contributed by atoms with Gasteiger partial charge in [-0.1, -0.05) is 12.1 Å². The van der Waals surface area contributed by atoms with Gasteiger partial charge in [-0.2, -0.15) is 0 Å². The van der Waals surface area contributed by atoms with Gasteiger partial charge in [0.25, 0.3) is 0 Å². The van der Waals surface area contributed by atoms with E-state index in [0.29, 0.717) is 11.4 Å². The van der Waals surface area contributed by atoms with Crippen LogP contribution in [0, 0.1) is 12.3 Å². The van der Waals surface area contributed by atoms with Gasteiger partial charge in [-0.15, -0.1) is 0 Å². The second-order valence-corrected chi connectivity index (χ2v) is 8.17. The van der Waals surface area contributed by atoms with Crippen LogP contribution >= 0.6 is 0 Å². The molecule has 154 valence electrons. The van der Waals surface area contributed by atoms with Gasteiger partial charge in [0.05, 0.1) is 23.2 Å². The van der Waals surface area contributed by atoms with E-state index in [0.717, 1.165) is 48.5 Å². The Morgan fingerprint density at radius 1 is 1.03 bits per heavy atom. The zero-order chi connectivity index (χ0) is 20.8. The number of piperazine rings is 1. The number of amidine groups is 1. The van der Waals surface area contributed by atoms with Gasteiger partial charge in [0.15, 0.2) is 0 Å². The normalized spacial score (nSPS) is 18.1. The van der Waals surface area contributed by atoms with E-state index in [1.54, 1.807) is 4.90 Å². The highest BCUT2D eigenvalue weighted by Gasteiger charge is 2.31. The van der Waals surface area contributed by atoms with Gasteiger partial charge in [0.1, 0.15) is 17.4 Å². The monoisotopic (exact) mass is 402 g/mol. The van der Waals surface area contributed by atoms with Gasteiger partial charge < -0.3 is 24.8 Å². The quantitative estimate of drug-likeness (QED) is 0.626. The van der Waals surface area contributed by atoms with Crippen LogP contribution in [0.5, 0.6) is 0 Å². The van der Waals surface area contributed by atoms with Crippen LogP contribution in [0.2, 0.25) is 0 Å². The summed E-state index contributed by atoms with van der Waals surface area (Å²) in [5, 5.41) is 19.3. The third-order valence-electron chi connectivity index (χ3n) is 5.99. The largest absolute Gasteiger partial charge is 0.509 e. The summed E-state index contributed by atoms with van der Waals surface area (Å²) < 4.78 is 0. The summed E-state index contributed by atoms with van der Waals surface area (Å²) in [7, 11) is 2.15. The molecular formula is C23H26N6O. The van der Waals surface area contributed by atoms with Crippen molar-refractivity contribution in [1.29, 1.82) is 5.41 Å². The van der Waals surface area contributed by atoms with Crippen molar-refractivity contribution in [2.24, 2.45) is 0 Å². The summed E-state index contributed by atoms with van der Waals surface area (Å²) in [4.78, 5) is 14.5. The lowest BCUT2D eigenvalue weighted by Crippen LogP contribution is -2.44. The van der Waals surface area contributed by atoms with Crippen LogP contribution in [0.25, 0.3) is 16.6 Å². The SMILES string of the molecule is Cc1cccc(N2CC(O)=C(c3nc4ccc(N5CCN(C)CC5)cc4[nH]3)C2=N)c1. The molecule has 1 fully saturated rings. The molecule has 3 aromatic rings. The fourth-order valence-corrected chi connectivity index (χ4v) is 4.22. The van der Waals surface area contributed by atoms with E-state index >= 15 is 0 Å². The molecule has 0 atom stereocenters. The molecule has 3 N–H and O–H groups in total. The molecule has 0 spiro atoms. The lowest BCUT2D eigenvalue weighted by Gasteiger charge is -2.34. The summed E-state index contributed by atoms with van der Waals surface area (Å²) in [6.45, 7) is 6.42. The van der Waals surface area contributed by atoms with Crippen molar-refractivity contribution in [3.05, 3.63) is 59.6 Å². The fraction of sp³-hybridized carbons (Fsp3) is 0.304.